The number of thiophene rings is 1. The van der Waals surface area contributed by atoms with Crippen molar-refractivity contribution in [2.24, 2.45) is 0 Å². The van der Waals surface area contributed by atoms with Gasteiger partial charge in [-0.25, -0.2) is 8.42 Å². The topological polar surface area (TPSA) is 57.9 Å². The number of allylic oxidation sites excluding steroid dienone is 1. The molecule has 0 unspecified atom stereocenters. The quantitative estimate of drug-likeness (QED) is 0.814. The molecule has 1 heterocycles. The maximum atomic E-state index is 12.3. The summed E-state index contributed by atoms with van der Waals surface area (Å²) in [6.45, 7) is 1.88. The fourth-order valence-corrected chi connectivity index (χ4v) is 3.64. The van der Waals surface area contributed by atoms with Crippen LogP contribution in [0.3, 0.4) is 0 Å². The molecule has 0 aliphatic heterocycles. The lowest BCUT2D eigenvalue weighted by molar-refractivity contribution is 0.603. The molecule has 0 aliphatic carbocycles. The Labute approximate surface area is 116 Å². The molecule has 96 valence electrons. The van der Waals surface area contributed by atoms with Gasteiger partial charge in [-0.1, -0.05) is 18.2 Å². The zero-order valence-corrected chi connectivity index (χ0v) is 11.8. The lowest BCUT2D eigenvalue weighted by atomic mass is 10.3. The third-order valence-electron chi connectivity index (χ3n) is 2.62. The standard InChI is InChI=1S/C14H11NO2S2/c1-11-7-8-18-14(11)9-13(10-15)19(16,17)12-5-3-2-4-6-12/h2-9H,1H3/b13-9+. The van der Waals surface area contributed by atoms with Gasteiger partial charge in [0.05, 0.1) is 4.90 Å². The van der Waals surface area contributed by atoms with E-state index >= 15 is 0 Å². The summed E-state index contributed by atoms with van der Waals surface area (Å²) in [6, 6.07) is 11.7. The highest BCUT2D eigenvalue weighted by molar-refractivity contribution is 7.95. The minimum absolute atomic E-state index is 0.136. The number of nitriles is 1. The SMILES string of the molecule is Cc1ccsc1/C=C(\C#N)S(=O)(=O)c1ccccc1. The van der Waals surface area contributed by atoms with Crippen molar-refractivity contribution in [2.75, 3.05) is 0 Å². The summed E-state index contributed by atoms with van der Waals surface area (Å²) in [5.74, 6) is 0. The number of benzene rings is 1. The van der Waals surface area contributed by atoms with Crippen molar-refractivity contribution in [3.05, 3.63) is 57.1 Å². The van der Waals surface area contributed by atoms with Crippen molar-refractivity contribution in [3.8, 4) is 6.07 Å². The molecule has 2 rings (SSSR count). The van der Waals surface area contributed by atoms with Gasteiger partial charge in [-0.15, -0.1) is 11.3 Å². The molecule has 0 aliphatic rings. The molecule has 5 heteroatoms. The van der Waals surface area contributed by atoms with Crippen LogP contribution in [0.4, 0.5) is 0 Å². The highest BCUT2D eigenvalue weighted by atomic mass is 32.2. The molecule has 0 bridgehead atoms. The van der Waals surface area contributed by atoms with Crippen LogP contribution >= 0.6 is 11.3 Å². The van der Waals surface area contributed by atoms with E-state index in [0.717, 1.165) is 10.4 Å². The fourth-order valence-electron chi connectivity index (χ4n) is 1.55. The van der Waals surface area contributed by atoms with E-state index in [2.05, 4.69) is 0 Å². The fraction of sp³-hybridized carbons (Fsp3) is 0.0714. The van der Waals surface area contributed by atoms with Crippen LogP contribution < -0.4 is 0 Å². The Morgan fingerprint density at radius 2 is 1.95 bits per heavy atom. The van der Waals surface area contributed by atoms with E-state index in [-0.39, 0.29) is 9.80 Å². The average Bonchev–Trinajstić information content (AvgIpc) is 2.82. The Morgan fingerprint density at radius 3 is 2.47 bits per heavy atom. The Bertz CT molecular complexity index is 750. The van der Waals surface area contributed by atoms with Gasteiger partial charge in [0.15, 0.2) is 4.91 Å². The van der Waals surface area contributed by atoms with E-state index < -0.39 is 9.84 Å². The van der Waals surface area contributed by atoms with Gasteiger partial charge in [0.25, 0.3) is 0 Å². The van der Waals surface area contributed by atoms with Gasteiger partial charge in [-0.2, -0.15) is 5.26 Å². The van der Waals surface area contributed by atoms with E-state index in [0.29, 0.717) is 0 Å². The second kappa shape index (κ2) is 5.39. The van der Waals surface area contributed by atoms with Crippen LogP contribution in [-0.4, -0.2) is 8.42 Å². The maximum absolute atomic E-state index is 12.3. The number of sulfone groups is 1. The molecule has 0 N–H and O–H groups in total. The largest absolute Gasteiger partial charge is 0.218 e. The first kappa shape index (κ1) is 13.5. The molecule has 19 heavy (non-hydrogen) atoms. The first-order valence-electron chi connectivity index (χ1n) is 5.52. The highest BCUT2D eigenvalue weighted by Gasteiger charge is 2.20. The van der Waals surface area contributed by atoms with Crippen LogP contribution in [0, 0.1) is 18.3 Å². The van der Waals surface area contributed by atoms with Gasteiger partial charge in [0.1, 0.15) is 6.07 Å². The van der Waals surface area contributed by atoms with Crippen molar-refractivity contribution < 1.29 is 8.42 Å². The molecule has 2 aromatic rings. The van der Waals surface area contributed by atoms with E-state index in [1.807, 2.05) is 18.4 Å². The number of rotatable bonds is 3. The Kier molecular flexibility index (Phi) is 3.84. The second-order valence-electron chi connectivity index (χ2n) is 3.90. The van der Waals surface area contributed by atoms with E-state index in [4.69, 9.17) is 5.26 Å². The van der Waals surface area contributed by atoms with Crippen molar-refractivity contribution in [1.29, 1.82) is 5.26 Å². The summed E-state index contributed by atoms with van der Waals surface area (Å²) < 4.78 is 24.6. The molecule has 0 saturated heterocycles. The van der Waals surface area contributed by atoms with Crippen LogP contribution in [0.25, 0.3) is 6.08 Å². The molecule has 0 amide bonds. The van der Waals surface area contributed by atoms with Gasteiger partial charge in [0, 0.05) is 4.88 Å². The van der Waals surface area contributed by atoms with Crippen LogP contribution in [0.5, 0.6) is 0 Å². The summed E-state index contributed by atoms with van der Waals surface area (Å²) in [6.07, 6.45) is 1.43. The highest BCUT2D eigenvalue weighted by Crippen LogP contribution is 2.24. The molecule has 0 saturated carbocycles. The van der Waals surface area contributed by atoms with E-state index in [1.165, 1.54) is 29.5 Å². The minimum atomic E-state index is -3.74. The molecule has 0 spiro atoms. The van der Waals surface area contributed by atoms with Crippen molar-refractivity contribution in [1.82, 2.24) is 0 Å². The van der Waals surface area contributed by atoms with Gasteiger partial charge in [0.2, 0.25) is 9.84 Å². The monoisotopic (exact) mass is 289 g/mol. The normalized spacial score (nSPS) is 12.1. The van der Waals surface area contributed by atoms with Crippen LogP contribution in [-0.2, 0) is 9.84 Å². The Hall–Kier alpha value is -1.90. The zero-order chi connectivity index (χ0) is 13.9. The average molecular weight is 289 g/mol. The van der Waals surface area contributed by atoms with Crippen LogP contribution in [0.15, 0.2) is 51.6 Å². The minimum Gasteiger partial charge on any atom is -0.218 e. The molecule has 0 fully saturated rings. The number of hydrogen-bond donors (Lipinski definition) is 0. The molecular weight excluding hydrogens is 278 g/mol. The van der Waals surface area contributed by atoms with Crippen molar-refractivity contribution in [3.63, 3.8) is 0 Å². The molecule has 1 aromatic carbocycles. The molecule has 0 atom stereocenters. The molecule has 3 nitrogen and oxygen atoms in total. The van der Waals surface area contributed by atoms with Crippen molar-refractivity contribution in [2.45, 2.75) is 11.8 Å². The summed E-state index contributed by atoms with van der Waals surface area (Å²) in [5, 5.41) is 11.0. The predicted molar refractivity (Wildman–Crippen MR) is 76.3 cm³/mol. The second-order valence-corrected chi connectivity index (χ2v) is 6.77. The third kappa shape index (κ3) is 2.75. The van der Waals surface area contributed by atoms with Crippen molar-refractivity contribution >= 4 is 27.3 Å². The zero-order valence-electron chi connectivity index (χ0n) is 10.2. The van der Waals surface area contributed by atoms with Crippen LogP contribution in [0.1, 0.15) is 10.4 Å². The van der Waals surface area contributed by atoms with Gasteiger partial charge in [-0.3, -0.25) is 0 Å². The summed E-state index contributed by atoms with van der Waals surface area (Å²) in [4.78, 5) is 0.692. The first-order valence-corrected chi connectivity index (χ1v) is 7.88. The predicted octanol–water partition coefficient (Wildman–Crippen LogP) is 3.39. The molecular formula is C14H11NO2S2. The van der Waals surface area contributed by atoms with E-state index in [1.54, 1.807) is 24.3 Å². The summed E-state index contributed by atoms with van der Waals surface area (Å²) >= 11 is 1.41. The smallest absolute Gasteiger partial charge is 0.216 e. The number of nitrogens with zero attached hydrogens (tertiary/aromatic N) is 1. The molecule has 0 radical (unpaired) electrons. The third-order valence-corrected chi connectivity index (χ3v) is 5.26. The Balaban J connectivity index is 2.53. The van der Waals surface area contributed by atoms with Gasteiger partial charge >= 0.3 is 0 Å². The van der Waals surface area contributed by atoms with E-state index in [9.17, 15) is 8.42 Å². The summed E-state index contributed by atoms with van der Waals surface area (Å²) in [7, 11) is -3.74. The lowest BCUT2D eigenvalue weighted by Crippen LogP contribution is -2.03. The molecule has 1 aromatic heterocycles. The lowest BCUT2D eigenvalue weighted by Gasteiger charge is -2.02. The first-order chi connectivity index (χ1) is 9.05. The van der Waals surface area contributed by atoms with Gasteiger partial charge in [-0.05, 0) is 42.1 Å². The van der Waals surface area contributed by atoms with Gasteiger partial charge < -0.3 is 0 Å². The Morgan fingerprint density at radius 1 is 1.26 bits per heavy atom. The van der Waals surface area contributed by atoms with Crippen LogP contribution in [0.2, 0.25) is 0 Å². The maximum Gasteiger partial charge on any atom is 0.216 e. The number of hydrogen-bond acceptors (Lipinski definition) is 4. The number of aryl methyl sites for hydroxylation is 1. The summed E-state index contributed by atoms with van der Waals surface area (Å²) in [5.41, 5.74) is 0.959.